The summed E-state index contributed by atoms with van der Waals surface area (Å²) in [5, 5.41) is 2.84. The minimum atomic E-state index is -0.621. The molecule has 2 amide bonds. The first-order valence-electron chi connectivity index (χ1n) is 8.06. The lowest BCUT2D eigenvalue weighted by Crippen LogP contribution is -2.30. The van der Waals surface area contributed by atoms with E-state index >= 15 is 0 Å². The molecule has 124 valence electrons. The second kappa shape index (κ2) is 7.17. The van der Waals surface area contributed by atoms with Gasteiger partial charge in [-0.25, -0.2) is 0 Å². The van der Waals surface area contributed by atoms with Crippen LogP contribution in [0, 0.1) is 0 Å². The van der Waals surface area contributed by atoms with Crippen molar-refractivity contribution in [3.05, 3.63) is 54.6 Å². The summed E-state index contributed by atoms with van der Waals surface area (Å²) in [7, 11) is 0. The third kappa shape index (κ3) is 3.74. The molecule has 1 atom stereocenters. The molecule has 0 aromatic heterocycles. The fourth-order valence-corrected chi connectivity index (χ4v) is 2.67. The summed E-state index contributed by atoms with van der Waals surface area (Å²) in [4.78, 5) is 25.9. The quantitative estimate of drug-likeness (QED) is 0.918. The van der Waals surface area contributed by atoms with Gasteiger partial charge in [-0.2, -0.15) is 0 Å². The van der Waals surface area contributed by atoms with Gasteiger partial charge in [-0.05, 0) is 43.7 Å². The van der Waals surface area contributed by atoms with Crippen molar-refractivity contribution in [2.75, 3.05) is 16.8 Å². The molecule has 1 heterocycles. The molecule has 5 nitrogen and oxygen atoms in total. The Hall–Kier alpha value is -2.82. The first kappa shape index (κ1) is 16.1. The number of hydrogen-bond acceptors (Lipinski definition) is 3. The van der Waals surface area contributed by atoms with Crippen LogP contribution in [0.2, 0.25) is 0 Å². The number of carbonyl (C=O) groups excluding carboxylic acids is 2. The molecule has 0 bridgehead atoms. The van der Waals surface area contributed by atoms with Gasteiger partial charge in [0, 0.05) is 24.3 Å². The van der Waals surface area contributed by atoms with E-state index in [0.717, 1.165) is 18.7 Å². The number of nitrogens with one attached hydrogen (secondary N) is 1. The highest BCUT2D eigenvalue weighted by Crippen LogP contribution is 2.24. The zero-order valence-electron chi connectivity index (χ0n) is 13.6. The predicted octanol–water partition coefficient (Wildman–Crippen LogP) is 3.22. The lowest BCUT2D eigenvalue weighted by molar-refractivity contribution is -0.122. The Labute approximate surface area is 141 Å². The Morgan fingerprint density at radius 2 is 1.96 bits per heavy atom. The molecule has 0 radical (unpaired) electrons. The second-order valence-electron chi connectivity index (χ2n) is 5.76. The molecule has 3 rings (SSSR count). The van der Waals surface area contributed by atoms with Crippen LogP contribution in [-0.2, 0) is 9.59 Å². The number of benzene rings is 2. The number of para-hydroxylation sites is 1. The summed E-state index contributed by atoms with van der Waals surface area (Å²) < 4.78 is 5.62. The molecule has 1 saturated heterocycles. The zero-order chi connectivity index (χ0) is 16.9. The van der Waals surface area contributed by atoms with Crippen LogP contribution in [0.1, 0.15) is 19.8 Å². The van der Waals surface area contributed by atoms with Gasteiger partial charge in [0.1, 0.15) is 5.75 Å². The van der Waals surface area contributed by atoms with Crippen molar-refractivity contribution in [2.24, 2.45) is 0 Å². The van der Waals surface area contributed by atoms with Gasteiger partial charge < -0.3 is 15.0 Å². The van der Waals surface area contributed by atoms with Crippen molar-refractivity contribution >= 4 is 23.2 Å². The Morgan fingerprint density at radius 3 is 2.67 bits per heavy atom. The maximum absolute atomic E-state index is 12.3. The number of anilines is 2. The van der Waals surface area contributed by atoms with Crippen molar-refractivity contribution < 1.29 is 14.3 Å². The Bertz CT molecular complexity index is 730. The van der Waals surface area contributed by atoms with E-state index in [-0.39, 0.29) is 11.8 Å². The van der Waals surface area contributed by atoms with Gasteiger partial charge >= 0.3 is 0 Å². The minimum Gasteiger partial charge on any atom is -0.481 e. The highest BCUT2D eigenvalue weighted by molar-refractivity contribution is 5.97. The van der Waals surface area contributed by atoms with E-state index in [9.17, 15) is 9.59 Å². The highest BCUT2D eigenvalue weighted by atomic mass is 16.5. The summed E-state index contributed by atoms with van der Waals surface area (Å²) in [6.07, 6.45) is 0.833. The smallest absolute Gasteiger partial charge is 0.265 e. The number of rotatable bonds is 5. The summed E-state index contributed by atoms with van der Waals surface area (Å²) in [5.74, 6) is 0.541. The van der Waals surface area contributed by atoms with E-state index < -0.39 is 6.10 Å². The molecule has 1 N–H and O–H groups in total. The van der Waals surface area contributed by atoms with Gasteiger partial charge in [0.2, 0.25) is 5.91 Å². The van der Waals surface area contributed by atoms with Gasteiger partial charge in [0.25, 0.3) is 5.91 Å². The molecule has 5 heteroatoms. The van der Waals surface area contributed by atoms with Gasteiger partial charge in [-0.15, -0.1) is 0 Å². The summed E-state index contributed by atoms with van der Waals surface area (Å²) in [5.41, 5.74) is 1.47. The summed E-state index contributed by atoms with van der Waals surface area (Å²) in [6.45, 7) is 2.43. The van der Waals surface area contributed by atoms with Gasteiger partial charge in [0.15, 0.2) is 6.10 Å². The first-order valence-corrected chi connectivity index (χ1v) is 8.06. The second-order valence-corrected chi connectivity index (χ2v) is 5.76. The number of nitrogens with zero attached hydrogens (tertiary/aromatic N) is 1. The number of amides is 2. The fraction of sp³-hybridized carbons (Fsp3) is 0.263. The summed E-state index contributed by atoms with van der Waals surface area (Å²) >= 11 is 0. The maximum Gasteiger partial charge on any atom is 0.265 e. The largest absolute Gasteiger partial charge is 0.481 e. The van der Waals surface area contributed by atoms with E-state index in [4.69, 9.17) is 4.74 Å². The minimum absolute atomic E-state index is 0.124. The van der Waals surface area contributed by atoms with Gasteiger partial charge in [0.05, 0.1) is 0 Å². The molecule has 24 heavy (non-hydrogen) atoms. The molecule has 0 unspecified atom stereocenters. The standard InChI is InChI=1S/C19H20N2O3/c1-14(24-17-9-3-2-4-10-17)19(23)20-15-7-5-8-16(13-15)21-12-6-11-18(21)22/h2-5,7-10,13-14H,6,11-12H2,1H3,(H,20,23)/t14-/m1/s1. The van der Waals surface area contributed by atoms with Crippen LogP contribution < -0.4 is 15.0 Å². The van der Waals surface area contributed by atoms with Crippen molar-refractivity contribution in [3.63, 3.8) is 0 Å². The molecule has 0 saturated carbocycles. The van der Waals surface area contributed by atoms with E-state index in [1.165, 1.54) is 0 Å². The third-order valence-electron chi connectivity index (χ3n) is 3.92. The lowest BCUT2D eigenvalue weighted by atomic mass is 10.2. The topological polar surface area (TPSA) is 58.6 Å². The number of hydrogen-bond donors (Lipinski definition) is 1. The molecule has 1 aliphatic heterocycles. The number of carbonyl (C=O) groups is 2. The number of ether oxygens (including phenoxy) is 1. The normalized spacial score (nSPS) is 15.2. The highest BCUT2D eigenvalue weighted by Gasteiger charge is 2.22. The van der Waals surface area contributed by atoms with Crippen molar-refractivity contribution in [1.82, 2.24) is 0 Å². The van der Waals surface area contributed by atoms with Crippen LogP contribution in [0.3, 0.4) is 0 Å². The van der Waals surface area contributed by atoms with Crippen molar-refractivity contribution in [2.45, 2.75) is 25.9 Å². The average Bonchev–Trinajstić information content (AvgIpc) is 3.02. The molecule has 2 aromatic carbocycles. The first-order chi connectivity index (χ1) is 11.6. The lowest BCUT2D eigenvalue weighted by Gasteiger charge is -2.18. The van der Waals surface area contributed by atoms with Gasteiger partial charge in [-0.3, -0.25) is 9.59 Å². The van der Waals surface area contributed by atoms with Crippen LogP contribution in [0.5, 0.6) is 5.75 Å². The van der Waals surface area contributed by atoms with E-state index in [0.29, 0.717) is 17.9 Å². The molecule has 1 aliphatic rings. The average molecular weight is 324 g/mol. The van der Waals surface area contributed by atoms with Crippen LogP contribution >= 0.6 is 0 Å². The molecule has 1 fully saturated rings. The van der Waals surface area contributed by atoms with Crippen LogP contribution in [-0.4, -0.2) is 24.5 Å². The van der Waals surface area contributed by atoms with E-state index in [1.54, 1.807) is 17.9 Å². The molecular weight excluding hydrogens is 304 g/mol. The zero-order valence-corrected chi connectivity index (χ0v) is 13.6. The maximum atomic E-state index is 12.3. The molecular formula is C19H20N2O3. The van der Waals surface area contributed by atoms with Crippen molar-refractivity contribution in [3.8, 4) is 5.75 Å². The van der Waals surface area contributed by atoms with E-state index in [1.807, 2.05) is 48.5 Å². The van der Waals surface area contributed by atoms with E-state index in [2.05, 4.69) is 5.32 Å². The molecule has 0 spiro atoms. The van der Waals surface area contributed by atoms with Crippen LogP contribution in [0.4, 0.5) is 11.4 Å². The molecule has 2 aromatic rings. The van der Waals surface area contributed by atoms with Crippen LogP contribution in [0.25, 0.3) is 0 Å². The predicted molar refractivity (Wildman–Crippen MR) is 93.2 cm³/mol. The van der Waals surface area contributed by atoms with Crippen molar-refractivity contribution in [1.29, 1.82) is 0 Å². The Balaban J connectivity index is 1.65. The van der Waals surface area contributed by atoms with Gasteiger partial charge in [-0.1, -0.05) is 24.3 Å². The SMILES string of the molecule is C[C@@H](Oc1ccccc1)C(=O)Nc1cccc(N2CCCC2=O)c1. The fourth-order valence-electron chi connectivity index (χ4n) is 2.67. The Kier molecular flexibility index (Phi) is 4.79. The third-order valence-corrected chi connectivity index (χ3v) is 3.92. The molecule has 0 aliphatic carbocycles. The summed E-state index contributed by atoms with van der Waals surface area (Å²) in [6, 6.07) is 16.6. The van der Waals surface area contributed by atoms with Crippen LogP contribution in [0.15, 0.2) is 54.6 Å². The Morgan fingerprint density at radius 1 is 1.17 bits per heavy atom. The monoisotopic (exact) mass is 324 g/mol.